The fraction of sp³-hybridized carbons (Fsp3) is 0.333. The van der Waals surface area contributed by atoms with Crippen LogP contribution in [0.4, 0.5) is 0 Å². The molecule has 0 aliphatic heterocycles. The lowest BCUT2D eigenvalue weighted by Gasteiger charge is -2.12. The quantitative estimate of drug-likeness (QED) is 0.640. The van der Waals surface area contributed by atoms with Gasteiger partial charge in [0.25, 0.3) is 0 Å². The van der Waals surface area contributed by atoms with Crippen LogP contribution in [0.2, 0.25) is 0 Å². The number of nitrogens with one attached hydrogen (secondary N) is 1. The molecule has 0 saturated carbocycles. The summed E-state index contributed by atoms with van der Waals surface area (Å²) < 4.78 is 0. The first kappa shape index (κ1) is 9.11. The van der Waals surface area contributed by atoms with Gasteiger partial charge in [-0.15, -0.1) is 0 Å². The molecule has 0 saturated heterocycles. The molecule has 5 heteroatoms. The van der Waals surface area contributed by atoms with Gasteiger partial charge in [0.05, 0.1) is 6.10 Å². The van der Waals surface area contributed by atoms with Crippen LogP contribution in [-0.4, -0.2) is 26.1 Å². The number of aromatic amines is 1. The Morgan fingerprint density at radius 1 is 1.57 bits per heavy atom. The number of H-pyrrole nitrogens is 1. The van der Waals surface area contributed by atoms with E-state index in [9.17, 15) is 5.11 Å². The second kappa shape index (κ2) is 3.36. The lowest BCUT2D eigenvalue weighted by molar-refractivity contribution is 0.155. The number of nitrogens with two attached hydrogens (primary N) is 1. The van der Waals surface area contributed by atoms with E-state index < -0.39 is 6.10 Å². The minimum Gasteiger partial charge on any atom is -0.387 e. The maximum Gasteiger partial charge on any atom is 0.141 e. The van der Waals surface area contributed by atoms with Crippen LogP contribution < -0.4 is 5.73 Å². The summed E-state index contributed by atoms with van der Waals surface area (Å²) in [4.78, 5) is 10.9. The van der Waals surface area contributed by atoms with E-state index in [4.69, 9.17) is 5.73 Å². The Bertz CT molecular complexity index is 437. The van der Waals surface area contributed by atoms with E-state index in [1.807, 2.05) is 0 Å². The summed E-state index contributed by atoms with van der Waals surface area (Å²) in [7, 11) is 0. The molecule has 0 amide bonds. The molecule has 14 heavy (non-hydrogen) atoms. The SMILES string of the molecule is CC(N)C(O)c1c[nH]c2ncncc12. The van der Waals surface area contributed by atoms with Gasteiger partial charge in [0.1, 0.15) is 12.0 Å². The van der Waals surface area contributed by atoms with Crippen molar-refractivity contribution in [3.8, 4) is 0 Å². The third-order valence-electron chi connectivity index (χ3n) is 2.20. The maximum absolute atomic E-state index is 9.78. The largest absolute Gasteiger partial charge is 0.387 e. The fourth-order valence-corrected chi connectivity index (χ4v) is 1.41. The summed E-state index contributed by atoms with van der Waals surface area (Å²) in [6.45, 7) is 1.76. The molecule has 0 aliphatic rings. The molecule has 0 fully saturated rings. The average Bonchev–Trinajstić information content (AvgIpc) is 2.60. The monoisotopic (exact) mass is 192 g/mol. The number of hydrogen-bond acceptors (Lipinski definition) is 4. The normalized spacial score (nSPS) is 15.6. The highest BCUT2D eigenvalue weighted by molar-refractivity contribution is 5.78. The van der Waals surface area contributed by atoms with Crippen LogP contribution in [0.1, 0.15) is 18.6 Å². The number of aliphatic hydroxyl groups is 1. The molecule has 0 spiro atoms. The zero-order valence-electron chi connectivity index (χ0n) is 7.81. The van der Waals surface area contributed by atoms with Crippen molar-refractivity contribution in [2.45, 2.75) is 19.1 Å². The Morgan fingerprint density at radius 3 is 3.07 bits per heavy atom. The summed E-state index contributed by atoms with van der Waals surface area (Å²) in [5, 5.41) is 10.6. The predicted octanol–water partition coefficient (Wildman–Crippen LogP) is 0.339. The summed E-state index contributed by atoms with van der Waals surface area (Å²) in [5.74, 6) is 0. The van der Waals surface area contributed by atoms with Gasteiger partial charge in [-0.1, -0.05) is 0 Å². The van der Waals surface area contributed by atoms with Crippen molar-refractivity contribution in [3.63, 3.8) is 0 Å². The average molecular weight is 192 g/mol. The van der Waals surface area contributed by atoms with Crippen molar-refractivity contribution in [2.24, 2.45) is 5.73 Å². The minimum absolute atomic E-state index is 0.311. The number of aliphatic hydroxyl groups excluding tert-OH is 1. The molecule has 2 atom stereocenters. The van der Waals surface area contributed by atoms with Crippen LogP contribution in [0.3, 0.4) is 0 Å². The van der Waals surface area contributed by atoms with Crippen LogP contribution in [0.15, 0.2) is 18.7 Å². The topological polar surface area (TPSA) is 87.8 Å². The van der Waals surface area contributed by atoms with Crippen molar-refractivity contribution < 1.29 is 5.11 Å². The van der Waals surface area contributed by atoms with Crippen molar-refractivity contribution in [3.05, 3.63) is 24.3 Å². The maximum atomic E-state index is 9.78. The lowest BCUT2D eigenvalue weighted by atomic mass is 10.1. The summed E-state index contributed by atoms with van der Waals surface area (Å²) in [6, 6.07) is -0.311. The molecule has 2 unspecified atom stereocenters. The number of hydrogen-bond donors (Lipinski definition) is 3. The molecule has 74 valence electrons. The zero-order valence-corrected chi connectivity index (χ0v) is 7.81. The molecule has 0 aromatic carbocycles. The van der Waals surface area contributed by atoms with Gasteiger partial charge in [0, 0.05) is 29.4 Å². The van der Waals surface area contributed by atoms with Gasteiger partial charge in [-0.25, -0.2) is 9.97 Å². The van der Waals surface area contributed by atoms with Crippen LogP contribution in [0.5, 0.6) is 0 Å². The first-order chi connectivity index (χ1) is 6.70. The van der Waals surface area contributed by atoms with Crippen LogP contribution >= 0.6 is 0 Å². The Hall–Kier alpha value is -1.46. The Labute approximate surface area is 81.0 Å². The van der Waals surface area contributed by atoms with Crippen molar-refractivity contribution >= 4 is 11.0 Å². The van der Waals surface area contributed by atoms with E-state index in [1.165, 1.54) is 6.33 Å². The molecule has 2 aromatic rings. The Morgan fingerprint density at radius 2 is 2.36 bits per heavy atom. The molecule has 2 heterocycles. The molecule has 4 N–H and O–H groups in total. The highest BCUT2D eigenvalue weighted by Crippen LogP contribution is 2.23. The molecule has 2 rings (SSSR count). The second-order valence-electron chi connectivity index (χ2n) is 3.33. The van der Waals surface area contributed by atoms with Crippen LogP contribution in [0.25, 0.3) is 11.0 Å². The minimum atomic E-state index is -0.685. The lowest BCUT2D eigenvalue weighted by Crippen LogP contribution is -2.24. The molecule has 2 aromatic heterocycles. The highest BCUT2D eigenvalue weighted by atomic mass is 16.3. The number of nitrogens with zero attached hydrogens (tertiary/aromatic N) is 2. The third-order valence-corrected chi connectivity index (χ3v) is 2.20. The molecular formula is C9H12N4O. The Balaban J connectivity index is 2.53. The number of aromatic nitrogens is 3. The van der Waals surface area contributed by atoms with Crippen LogP contribution in [0, 0.1) is 0 Å². The van der Waals surface area contributed by atoms with Crippen molar-refractivity contribution in [2.75, 3.05) is 0 Å². The zero-order chi connectivity index (χ0) is 10.1. The predicted molar refractivity (Wildman–Crippen MR) is 52.5 cm³/mol. The second-order valence-corrected chi connectivity index (χ2v) is 3.33. The molecule has 0 bridgehead atoms. The van der Waals surface area contributed by atoms with Crippen molar-refractivity contribution in [1.82, 2.24) is 15.0 Å². The van der Waals surface area contributed by atoms with Gasteiger partial charge >= 0.3 is 0 Å². The first-order valence-corrected chi connectivity index (χ1v) is 4.41. The molecular weight excluding hydrogens is 180 g/mol. The van der Waals surface area contributed by atoms with Gasteiger partial charge in [-0.3, -0.25) is 0 Å². The van der Waals surface area contributed by atoms with E-state index in [0.29, 0.717) is 0 Å². The number of fused-ring (bicyclic) bond motifs is 1. The van der Waals surface area contributed by atoms with Crippen LogP contribution in [-0.2, 0) is 0 Å². The van der Waals surface area contributed by atoms with Gasteiger partial charge in [-0.05, 0) is 6.92 Å². The van der Waals surface area contributed by atoms with Crippen molar-refractivity contribution in [1.29, 1.82) is 0 Å². The van der Waals surface area contributed by atoms with E-state index >= 15 is 0 Å². The van der Waals surface area contributed by atoms with E-state index in [0.717, 1.165) is 16.6 Å². The Kier molecular flexibility index (Phi) is 2.18. The van der Waals surface area contributed by atoms with E-state index in [1.54, 1.807) is 19.3 Å². The highest BCUT2D eigenvalue weighted by Gasteiger charge is 2.16. The molecule has 0 aliphatic carbocycles. The number of rotatable bonds is 2. The van der Waals surface area contributed by atoms with Gasteiger partial charge < -0.3 is 15.8 Å². The smallest absolute Gasteiger partial charge is 0.141 e. The van der Waals surface area contributed by atoms with Gasteiger partial charge in [0.15, 0.2) is 0 Å². The summed E-state index contributed by atoms with van der Waals surface area (Å²) in [6.07, 6.45) is 4.16. The summed E-state index contributed by atoms with van der Waals surface area (Å²) in [5.41, 5.74) is 7.08. The summed E-state index contributed by atoms with van der Waals surface area (Å²) >= 11 is 0. The first-order valence-electron chi connectivity index (χ1n) is 4.41. The molecule has 5 nitrogen and oxygen atoms in total. The van der Waals surface area contributed by atoms with Gasteiger partial charge in [-0.2, -0.15) is 0 Å². The standard InChI is InChI=1S/C9H12N4O/c1-5(10)8(14)6-3-12-9-7(6)2-11-4-13-9/h2-5,8,14H,10H2,1H3,(H,11,12,13). The van der Waals surface area contributed by atoms with E-state index in [2.05, 4.69) is 15.0 Å². The third kappa shape index (κ3) is 1.36. The van der Waals surface area contributed by atoms with Gasteiger partial charge in [0.2, 0.25) is 0 Å². The van der Waals surface area contributed by atoms with E-state index in [-0.39, 0.29) is 6.04 Å². The fourth-order valence-electron chi connectivity index (χ4n) is 1.41. The molecule has 0 radical (unpaired) electrons.